The monoisotopic (exact) mass is 428 g/mol. The van der Waals surface area contributed by atoms with Crippen LogP contribution in [0.1, 0.15) is 31.5 Å². The van der Waals surface area contributed by atoms with Gasteiger partial charge in [0, 0.05) is 11.8 Å². The molecule has 1 N–H and O–H groups in total. The Labute approximate surface area is 175 Å². The number of rotatable bonds is 5. The van der Waals surface area contributed by atoms with Crippen molar-refractivity contribution >= 4 is 44.6 Å². The third kappa shape index (κ3) is 3.75. The van der Waals surface area contributed by atoms with Crippen LogP contribution in [-0.4, -0.2) is 20.5 Å². The van der Waals surface area contributed by atoms with Gasteiger partial charge in [0.05, 0.1) is 32.2 Å². The summed E-state index contributed by atoms with van der Waals surface area (Å²) in [5.41, 5.74) is 2.81. The van der Waals surface area contributed by atoms with Gasteiger partial charge in [0.15, 0.2) is 0 Å². The number of benzene rings is 2. The first kappa shape index (κ1) is 19.5. The smallest absolute Gasteiger partial charge is 0.282 e. The highest BCUT2D eigenvalue weighted by Gasteiger charge is 2.19. The fraction of sp³-hybridized carbons (Fsp3) is 0.190. The number of hydrogen-bond donors (Lipinski definition) is 1. The first-order chi connectivity index (χ1) is 14.0. The molecule has 5 nitrogen and oxygen atoms in total. The van der Waals surface area contributed by atoms with E-state index in [0.29, 0.717) is 28.5 Å². The molecule has 0 aliphatic heterocycles. The van der Waals surface area contributed by atoms with Crippen LogP contribution in [0.5, 0.6) is 0 Å². The van der Waals surface area contributed by atoms with Crippen LogP contribution in [-0.2, 0) is 6.42 Å². The molecule has 4 aromatic rings. The van der Waals surface area contributed by atoms with Crippen molar-refractivity contribution < 1.29 is 4.39 Å². The largest absolute Gasteiger partial charge is 0.292 e. The molecule has 8 heteroatoms. The second-order valence-corrected chi connectivity index (χ2v) is 8.03. The van der Waals surface area contributed by atoms with Gasteiger partial charge in [-0.3, -0.25) is 14.9 Å². The van der Waals surface area contributed by atoms with Gasteiger partial charge in [0.1, 0.15) is 5.82 Å². The highest BCUT2D eigenvalue weighted by Crippen LogP contribution is 2.25. The van der Waals surface area contributed by atoms with E-state index in [-0.39, 0.29) is 10.6 Å². The number of nitrogens with zero attached hydrogens (tertiary/aromatic N) is 3. The Bertz CT molecular complexity index is 1250. The maximum atomic E-state index is 13.8. The minimum atomic E-state index is -0.546. The first-order valence-electron chi connectivity index (χ1n) is 9.18. The lowest BCUT2D eigenvalue weighted by molar-refractivity contribution is 0.628. The lowest BCUT2D eigenvalue weighted by Crippen LogP contribution is -2.19. The summed E-state index contributed by atoms with van der Waals surface area (Å²) < 4.78 is 16.2. The number of thiazole rings is 1. The highest BCUT2D eigenvalue weighted by molar-refractivity contribution is 7.20. The molecule has 0 atom stereocenters. The molecule has 0 spiro atoms. The van der Waals surface area contributed by atoms with Crippen LogP contribution in [0.2, 0.25) is 5.02 Å². The number of nitrogens with one attached hydrogen (secondary N) is 1. The first-order valence-corrected chi connectivity index (χ1v) is 10.4. The summed E-state index contributed by atoms with van der Waals surface area (Å²) in [5.74, 6) is -0.546. The van der Waals surface area contributed by atoms with E-state index in [1.165, 1.54) is 28.2 Å². The van der Waals surface area contributed by atoms with Gasteiger partial charge in [0.2, 0.25) is 5.13 Å². The molecule has 0 aliphatic carbocycles. The van der Waals surface area contributed by atoms with Crippen molar-refractivity contribution in [3.63, 3.8) is 0 Å². The van der Waals surface area contributed by atoms with Crippen LogP contribution >= 0.6 is 22.9 Å². The van der Waals surface area contributed by atoms with E-state index in [1.54, 1.807) is 13.0 Å². The summed E-state index contributed by atoms with van der Waals surface area (Å²) in [7, 11) is 0. The zero-order chi connectivity index (χ0) is 20.5. The quantitative estimate of drug-likeness (QED) is 0.417. The lowest BCUT2D eigenvalue weighted by atomic mass is 10.1. The Kier molecular flexibility index (Phi) is 5.34. The summed E-state index contributed by atoms with van der Waals surface area (Å²) in [5, 5.41) is 3.80. The zero-order valence-corrected chi connectivity index (χ0v) is 17.4. The highest BCUT2D eigenvalue weighted by atomic mass is 35.5. The van der Waals surface area contributed by atoms with Gasteiger partial charge in [-0.15, -0.1) is 0 Å². The molecule has 0 aliphatic rings. The van der Waals surface area contributed by atoms with Crippen LogP contribution < -0.4 is 5.56 Å². The Balaban J connectivity index is 1.83. The van der Waals surface area contributed by atoms with Gasteiger partial charge in [-0.1, -0.05) is 48.4 Å². The topological polar surface area (TPSA) is 63.0 Å². The summed E-state index contributed by atoms with van der Waals surface area (Å²) >= 11 is 7.18. The number of halogens is 2. The number of aryl methyl sites for hydroxylation is 1. The average Bonchev–Trinajstić information content (AvgIpc) is 3.26. The van der Waals surface area contributed by atoms with Crippen LogP contribution in [0, 0.1) is 5.82 Å². The molecule has 0 saturated heterocycles. The van der Waals surface area contributed by atoms with Crippen molar-refractivity contribution in [3.8, 4) is 5.13 Å². The molecule has 0 unspecified atom stereocenters. The van der Waals surface area contributed by atoms with E-state index in [0.717, 1.165) is 22.3 Å². The molecule has 29 heavy (non-hydrogen) atoms. The molecule has 0 radical (unpaired) electrons. The van der Waals surface area contributed by atoms with Crippen LogP contribution in [0.4, 0.5) is 10.1 Å². The average molecular weight is 429 g/mol. The number of para-hydroxylation sites is 1. The van der Waals surface area contributed by atoms with Gasteiger partial charge in [0.25, 0.3) is 5.56 Å². The van der Waals surface area contributed by atoms with Crippen LogP contribution in [0.15, 0.2) is 52.3 Å². The minimum Gasteiger partial charge on any atom is -0.292 e. The second-order valence-electron chi connectivity index (χ2n) is 6.62. The van der Waals surface area contributed by atoms with Crippen molar-refractivity contribution in [2.75, 3.05) is 0 Å². The number of aliphatic imine (C=N–C) groups is 1. The molecule has 0 fully saturated rings. The van der Waals surface area contributed by atoms with E-state index in [9.17, 15) is 9.18 Å². The SMILES string of the molecule is CCCc1[nH]n(-c2nc3ccccc3s2)c(=O)c1C(C)=Nc1ccc(Cl)c(F)c1. The fourth-order valence-electron chi connectivity index (χ4n) is 3.18. The van der Waals surface area contributed by atoms with Gasteiger partial charge in [-0.05, 0) is 37.6 Å². The molecule has 0 saturated carbocycles. The lowest BCUT2D eigenvalue weighted by Gasteiger charge is -2.02. The maximum Gasteiger partial charge on any atom is 0.282 e. The Morgan fingerprint density at radius 1 is 1.31 bits per heavy atom. The maximum absolute atomic E-state index is 13.8. The third-order valence-corrected chi connectivity index (χ3v) is 5.83. The summed E-state index contributed by atoms with van der Waals surface area (Å²) in [4.78, 5) is 22.2. The predicted molar refractivity (Wildman–Crippen MR) is 117 cm³/mol. The van der Waals surface area contributed by atoms with Crippen molar-refractivity contribution in [1.29, 1.82) is 0 Å². The zero-order valence-electron chi connectivity index (χ0n) is 15.9. The van der Waals surface area contributed by atoms with Gasteiger partial charge < -0.3 is 0 Å². The second kappa shape index (κ2) is 7.93. The number of hydrogen-bond acceptors (Lipinski definition) is 4. The van der Waals surface area contributed by atoms with Crippen molar-refractivity contribution in [3.05, 3.63) is 74.9 Å². The Hall–Kier alpha value is -2.77. The molecular weight excluding hydrogens is 411 g/mol. The molecule has 0 amide bonds. The van der Waals surface area contributed by atoms with E-state index >= 15 is 0 Å². The molecule has 2 aromatic heterocycles. The third-order valence-electron chi connectivity index (χ3n) is 4.50. The predicted octanol–water partition coefficient (Wildman–Crippen LogP) is 5.66. The fourth-order valence-corrected chi connectivity index (χ4v) is 4.22. The van der Waals surface area contributed by atoms with E-state index < -0.39 is 5.82 Å². The number of H-pyrrole nitrogens is 1. The summed E-state index contributed by atoms with van der Waals surface area (Å²) in [6.45, 7) is 3.79. The van der Waals surface area contributed by atoms with Gasteiger partial charge in [-0.25, -0.2) is 9.37 Å². The van der Waals surface area contributed by atoms with Crippen LogP contribution in [0.3, 0.4) is 0 Å². The number of fused-ring (bicyclic) bond motifs is 1. The Morgan fingerprint density at radius 2 is 2.10 bits per heavy atom. The van der Waals surface area contributed by atoms with E-state index in [4.69, 9.17) is 11.6 Å². The number of aromatic nitrogens is 3. The van der Waals surface area contributed by atoms with Gasteiger partial charge in [-0.2, -0.15) is 4.68 Å². The minimum absolute atomic E-state index is 0.0353. The summed E-state index contributed by atoms with van der Waals surface area (Å²) in [6, 6.07) is 12.1. The van der Waals surface area contributed by atoms with Gasteiger partial charge >= 0.3 is 0 Å². The van der Waals surface area contributed by atoms with Crippen molar-refractivity contribution in [1.82, 2.24) is 14.8 Å². The van der Waals surface area contributed by atoms with E-state index in [2.05, 4.69) is 15.1 Å². The number of aromatic amines is 1. The van der Waals surface area contributed by atoms with Crippen molar-refractivity contribution in [2.24, 2.45) is 4.99 Å². The van der Waals surface area contributed by atoms with Crippen molar-refractivity contribution in [2.45, 2.75) is 26.7 Å². The molecular formula is C21H18ClFN4OS. The standard InChI is InChI=1S/C21H18ClFN4OS/c1-3-6-17-19(12(2)24-13-9-10-14(22)15(23)11-13)20(28)27(26-17)21-25-16-7-4-5-8-18(16)29-21/h4-5,7-11,26H,3,6H2,1-2H3. The molecule has 2 aromatic carbocycles. The molecule has 2 heterocycles. The van der Waals surface area contributed by atoms with Crippen LogP contribution in [0.25, 0.3) is 15.3 Å². The molecule has 0 bridgehead atoms. The Morgan fingerprint density at radius 3 is 2.83 bits per heavy atom. The molecule has 4 rings (SSSR count). The van der Waals surface area contributed by atoms with E-state index in [1.807, 2.05) is 31.2 Å². The molecule has 148 valence electrons. The summed E-state index contributed by atoms with van der Waals surface area (Å²) in [6.07, 6.45) is 1.54. The normalized spacial score (nSPS) is 12.1.